The number of hydrogen-bond acceptors (Lipinski definition) is 6. The molecule has 0 spiro atoms. The van der Waals surface area contributed by atoms with Gasteiger partial charge in [-0.05, 0) is 105 Å². The number of fused-ring (bicyclic) bond motifs is 1. The van der Waals surface area contributed by atoms with Crippen LogP contribution in [0.4, 0.5) is 5.82 Å². The fraction of sp³-hybridized carbons (Fsp3) is 0.467. The fourth-order valence-corrected chi connectivity index (χ4v) is 9.32. The van der Waals surface area contributed by atoms with E-state index >= 15 is 0 Å². The Balaban J connectivity index is 1.04. The summed E-state index contributed by atoms with van der Waals surface area (Å²) in [6.45, 7) is 1.64. The summed E-state index contributed by atoms with van der Waals surface area (Å²) in [6.07, 6.45) is 10.5. The van der Waals surface area contributed by atoms with Crippen molar-refractivity contribution in [3.05, 3.63) is 72.2 Å². The van der Waals surface area contributed by atoms with Crippen LogP contribution in [0.15, 0.2) is 65.8 Å². The lowest BCUT2D eigenvalue weighted by Gasteiger charge is -2.57. The number of nitrogens with zero attached hydrogens (tertiary/aromatic N) is 3. The number of rotatable bonds is 7. The Labute approximate surface area is 224 Å². The highest BCUT2D eigenvalue weighted by Crippen LogP contribution is 2.60. The highest BCUT2D eigenvalue weighted by molar-refractivity contribution is 7.89. The molecule has 2 aromatic carbocycles. The predicted molar refractivity (Wildman–Crippen MR) is 145 cm³/mol. The van der Waals surface area contributed by atoms with Crippen molar-refractivity contribution in [1.29, 1.82) is 0 Å². The number of benzene rings is 2. The standard InChI is InChI=1S/C30H34N4O3S/c35-38(36,26-8-6-25(7-9-26)37-24-4-2-1-3-5-24)34-11-10-27-28(18-34)32-20-33-29(27)31-19-30-15-21-12-22(16-30)14-23(13-21)17-30/h1-9,20-23H,10-19H2,(H,31,32,33). The van der Waals surface area contributed by atoms with Gasteiger partial charge in [0.15, 0.2) is 0 Å². The highest BCUT2D eigenvalue weighted by atomic mass is 32.2. The van der Waals surface area contributed by atoms with Crippen molar-refractivity contribution >= 4 is 15.8 Å². The van der Waals surface area contributed by atoms with Gasteiger partial charge in [0.2, 0.25) is 10.0 Å². The SMILES string of the molecule is O=S(=O)(c1ccc(Oc2ccccc2)cc1)N1CCc2c(ncnc2NCC23CC4CC(CC(C4)C2)C3)C1. The quantitative estimate of drug-likeness (QED) is 0.425. The summed E-state index contributed by atoms with van der Waals surface area (Å²) < 4.78 is 34.3. The molecule has 0 amide bonds. The molecule has 8 heteroatoms. The van der Waals surface area contributed by atoms with Crippen LogP contribution >= 0.6 is 0 Å². The van der Waals surface area contributed by atoms with E-state index in [9.17, 15) is 8.42 Å². The van der Waals surface area contributed by atoms with Crippen molar-refractivity contribution < 1.29 is 13.2 Å². The van der Waals surface area contributed by atoms with Gasteiger partial charge in [-0.3, -0.25) is 0 Å². The van der Waals surface area contributed by atoms with Crippen LogP contribution in [0, 0.1) is 23.2 Å². The molecular weight excluding hydrogens is 496 g/mol. The molecule has 1 aromatic heterocycles. The second kappa shape index (κ2) is 9.35. The average molecular weight is 531 g/mol. The molecule has 4 fully saturated rings. The van der Waals surface area contributed by atoms with Crippen LogP contribution in [0.5, 0.6) is 11.5 Å². The average Bonchev–Trinajstić information content (AvgIpc) is 2.92. The molecule has 4 bridgehead atoms. The minimum absolute atomic E-state index is 0.258. The number of anilines is 1. The lowest BCUT2D eigenvalue weighted by atomic mass is 9.49. The molecule has 8 rings (SSSR count). The van der Waals surface area contributed by atoms with Crippen LogP contribution in [0.3, 0.4) is 0 Å². The summed E-state index contributed by atoms with van der Waals surface area (Å²) in [7, 11) is -3.65. The molecule has 0 radical (unpaired) electrons. The van der Waals surface area contributed by atoms with E-state index in [1.54, 1.807) is 30.6 Å². The van der Waals surface area contributed by atoms with Gasteiger partial charge in [-0.1, -0.05) is 18.2 Å². The number of sulfonamides is 1. The lowest BCUT2D eigenvalue weighted by molar-refractivity contribution is -0.0444. The minimum atomic E-state index is -3.65. The smallest absolute Gasteiger partial charge is 0.243 e. The summed E-state index contributed by atoms with van der Waals surface area (Å²) in [4.78, 5) is 9.35. The Morgan fingerprint density at radius 2 is 1.55 bits per heavy atom. The summed E-state index contributed by atoms with van der Waals surface area (Å²) in [5, 5.41) is 3.71. The Bertz CT molecular complexity index is 1390. The number of nitrogens with one attached hydrogen (secondary N) is 1. The summed E-state index contributed by atoms with van der Waals surface area (Å²) >= 11 is 0. The van der Waals surface area contributed by atoms with E-state index in [1.807, 2.05) is 30.3 Å². The van der Waals surface area contributed by atoms with Gasteiger partial charge in [0.05, 0.1) is 17.1 Å². The maximum absolute atomic E-state index is 13.5. The third-order valence-corrected chi connectivity index (χ3v) is 11.1. The second-order valence-electron chi connectivity index (χ2n) is 11.9. The maximum Gasteiger partial charge on any atom is 0.243 e. The molecule has 198 valence electrons. The molecule has 4 saturated carbocycles. The summed E-state index contributed by atoms with van der Waals surface area (Å²) in [6, 6.07) is 16.1. The normalized spacial score (nSPS) is 28.2. The number of ether oxygens (including phenoxy) is 1. The Morgan fingerprint density at radius 1 is 0.895 bits per heavy atom. The molecule has 3 aromatic rings. The molecular formula is C30H34N4O3S. The summed E-state index contributed by atoms with van der Waals surface area (Å²) in [5.74, 6) is 4.95. The van der Waals surface area contributed by atoms with E-state index in [2.05, 4.69) is 15.3 Å². The van der Waals surface area contributed by atoms with E-state index < -0.39 is 10.0 Å². The number of hydrogen-bond donors (Lipinski definition) is 1. The molecule has 0 unspecified atom stereocenters. The van der Waals surface area contributed by atoms with Gasteiger partial charge in [0.1, 0.15) is 23.6 Å². The van der Waals surface area contributed by atoms with E-state index in [1.165, 1.54) is 42.8 Å². The van der Waals surface area contributed by atoms with Gasteiger partial charge in [0.25, 0.3) is 0 Å². The van der Waals surface area contributed by atoms with Gasteiger partial charge in [-0.2, -0.15) is 4.31 Å². The number of para-hydroxylation sites is 1. The zero-order chi connectivity index (χ0) is 25.7. The van der Waals surface area contributed by atoms with Crippen LogP contribution in [0.2, 0.25) is 0 Å². The molecule has 0 atom stereocenters. The Morgan fingerprint density at radius 3 is 2.24 bits per heavy atom. The molecule has 0 saturated heterocycles. The van der Waals surface area contributed by atoms with E-state index in [-0.39, 0.29) is 11.4 Å². The first kappa shape index (κ1) is 24.1. The third kappa shape index (κ3) is 4.47. The topological polar surface area (TPSA) is 84.4 Å². The van der Waals surface area contributed by atoms with Crippen molar-refractivity contribution in [2.75, 3.05) is 18.4 Å². The first-order valence-corrected chi connectivity index (χ1v) is 15.3. The monoisotopic (exact) mass is 530 g/mol. The molecule has 5 aliphatic rings. The Hall–Kier alpha value is -2.97. The molecule has 1 aliphatic heterocycles. The van der Waals surface area contributed by atoms with Crippen molar-refractivity contribution in [2.45, 2.75) is 56.4 Å². The first-order valence-electron chi connectivity index (χ1n) is 13.9. The first-order chi connectivity index (χ1) is 18.5. The second-order valence-corrected chi connectivity index (χ2v) is 13.8. The zero-order valence-electron chi connectivity index (χ0n) is 21.6. The van der Waals surface area contributed by atoms with E-state index in [4.69, 9.17) is 4.74 Å². The molecule has 4 aliphatic carbocycles. The van der Waals surface area contributed by atoms with Gasteiger partial charge in [-0.25, -0.2) is 18.4 Å². The van der Waals surface area contributed by atoms with E-state index in [0.717, 1.165) is 41.4 Å². The van der Waals surface area contributed by atoms with Crippen molar-refractivity contribution in [2.24, 2.45) is 23.2 Å². The van der Waals surface area contributed by atoms with Gasteiger partial charge in [-0.15, -0.1) is 0 Å². The zero-order valence-corrected chi connectivity index (χ0v) is 22.4. The molecule has 38 heavy (non-hydrogen) atoms. The van der Waals surface area contributed by atoms with Gasteiger partial charge < -0.3 is 10.1 Å². The van der Waals surface area contributed by atoms with Crippen LogP contribution in [-0.4, -0.2) is 35.8 Å². The molecule has 7 nitrogen and oxygen atoms in total. The molecule has 1 N–H and O–H groups in total. The van der Waals surface area contributed by atoms with Gasteiger partial charge >= 0.3 is 0 Å². The van der Waals surface area contributed by atoms with Crippen molar-refractivity contribution in [3.8, 4) is 11.5 Å². The number of aromatic nitrogens is 2. The summed E-state index contributed by atoms with van der Waals surface area (Å²) in [5.41, 5.74) is 2.27. The van der Waals surface area contributed by atoms with Crippen LogP contribution in [0.25, 0.3) is 0 Å². The van der Waals surface area contributed by atoms with Crippen molar-refractivity contribution in [3.63, 3.8) is 0 Å². The minimum Gasteiger partial charge on any atom is -0.457 e. The van der Waals surface area contributed by atoms with Crippen LogP contribution < -0.4 is 10.1 Å². The maximum atomic E-state index is 13.5. The third-order valence-electron chi connectivity index (χ3n) is 9.21. The van der Waals surface area contributed by atoms with Gasteiger partial charge in [0, 0.05) is 18.7 Å². The Kier molecular flexibility index (Phi) is 5.93. The van der Waals surface area contributed by atoms with Crippen LogP contribution in [-0.2, 0) is 23.0 Å². The lowest BCUT2D eigenvalue weighted by Crippen LogP contribution is -2.49. The van der Waals surface area contributed by atoms with Crippen molar-refractivity contribution in [1.82, 2.24) is 14.3 Å². The molecule has 2 heterocycles. The van der Waals surface area contributed by atoms with Crippen LogP contribution in [0.1, 0.15) is 49.8 Å². The fourth-order valence-electron chi connectivity index (χ4n) is 7.92. The van der Waals surface area contributed by atoms with E-state index in [0.29, 0.717) is 29.9 Å². The highest BCUT2D eigenvalue weighted by Gasteiger charge is 2.50. The predicted octanol–water partition coefficient (Wildman–Crippen LogP) is 5.64. The largest absolute Gasteiger partial charge is 0.457 e.